The second kappa shape index (κ2) is 5.14. The van der Waals surface area contributed by atoms with E-state index in [-0.39, 0.29) is 5.56 Å². The van der Waals surface area contributed by atoms with Gasteiger partial charge in [-0.15, -0.1) is 5.10 Å². The van der Waals surface area contributed by atoms with Crippen LogP contribution in [0.2, 0.25) is 0 Å². The third-order valence-electron chi connectivity index (χ3n) is 2.29. The van der Waals surface area contributed by atoms with Gasteiger partial charge in [0.1, 0.15) is 0 Å². The molecule has 0 atom stereocenters. The summed E-state index contributed by atoms with van der Waals surface area (Å²) in [6.45, 7) is 0.434. The highest BCUT2D eigenvalue weighted by atomic mass is 79.9. The lowest BCUT2D eigenvalue weighted by atomic mass is 10.2. The van der Waals surface area contributed by atoms with Crippen LogP contribution in [0.4, 0.5) is 0 Å². The second-order valence-corrected chi connectivity index (χ2v) is 4.34. The van der Waals surface area contributed by atoms with Crippen molar-refractivity contribution in [2.24, 2.45) is 0 Å². The van der Waals surface area contributed by atoms with Crippen LogP contribution in [-0.4, -0.2) is 16.9 Å². The molecule has 88 valence electrons. The zero-order valence-electron chi connectivity index (χ0n) is 9.26. The summed E-state index contributed by atoms with van der Waals surface area (Å²) in [5.74, 6) is 0.403. The molecule has 0 bridgehead atoms. The molecule has 2 rings (SSSR count). The number of rotatable bonds is 3. The number of ether oxygens (including phenoxy) is 1. The first-order valence-electron chi connectivity index (χ1n) is 5.06. The molecule has 0 spiro atoms. The Bertz CT molecular complexity index is 566. The van der Waals surface area contributed by atoms with Crippen LogP contribution in [0.15, 0.2) is 45.7 Å². The second-order valence-electron chi connectivity index (χ2n) is 3.48. The van der Waals surface area contributed by atoms with Crippen LogP contribution in [0, 0.1) is 0 Å². The molecule has 0 radical (unpaired) electrons. The van der Waals surface area contributed by atoms with Crippen LogP contribution in [-0.2, 0) is 6.54 Å². The standard InChI is InChI=1S/C12H11BrN2O2/c1-17-12-10(13)7-11(16)15(14-12)8-9-5-3-2-4-6-9/h2-7H,8H2,1H3. The van der Waals surface area contributed by atoms with Gasteiger partial charge < -0.3 is 4.74 Å². The summed E-state index contributed by atoms with van der Waals surface area (Å²) in [6.07, 6.45) is 0. The van der Waals surface area contributed by atoms with Crippen molar-refractivity contribution in [2.45, 2.75) is 6.54 Å². The molecule has 4 nitrogen and oxygen atoms in total. The lowest BCUT2D eigenvalue weighted by Crippen LogP contribution is -2.23. The van der Waals surface area contributed by atoms with E-state index in [1.165, 1.54) is 17.9 Å². The molecule has 0 saturated heterocycles. The average Bonchev–Trinajstić information content (AvgIpc) is 2.34. The van der Waals surface area contributed by atoms with E-state index in [9.17, 15) is 4.79 Å². The van der Waals surface area contributed by atoms with Gasteiger partial charge in [0.2, 0.25) is 5.88 Å². The lowest BCUT2D eigenvalue weighted by Gasteiger charge is -2.07. The SMILES string of the molecule is COc1nn(Cc2ccccc2)c(=O)cc1Br. The van der Waals surface area contributed by atoms with Crippen molar-refractivity contribution in [3.8, 4) is 5.88 Å². The normalized spacial score (nSPS) is 10.2. The maximum Gasteiger partial charge on any atom is 0.268 e. The molecule has 0 aliphatic rings. The van der Waals surface area contributed by atoms with Gasteiger partial charge in [-0.2, -0.15) is 0 Å². The van der Waals surface area contributed by atoms with Crippen molar-refractivity contribution in [3.05, 3.63) is 56.8 Å². The summed E-state index contributed by atoms with van der Waals surface area (Å²) in [6, 6.07) is 11.1. The summed E-state index contributed by atoms with van der Waals surface area (Å²) in [4.78, 5) is 11.7. The molecule has 2 aromatic rings. The molecule has 0 aliphatic heterocycles. The Kier molecular flexibility index (Phi) is 3.58. The van der Waals surface area contributed by atoms with E-state index in [2.05, 4.69) is 21.0 Å². The quantitative estimate of drug-likeness (QED) is 0.870. The molecular weight excluding hydrogens is 284 g/mol. The number of hydrogen-bond donors (Lipinski definition) is 0. The van der Waals surface area contributed by atoms with E-state index in [1.807, 2.05) is 30.3 Å². The van der Waals surface area contributed by atoms with Gasteiger partial charge in [-0.3, -0.25) is 4.79 Å². The predicted molar refractivity (Wildman–Crippen MR) is 68.3 cm³/mol. The van der Waals surface area contributed by atoms with Gasteiger partial charge >= 0.3 is 0 Å². The molecular formula is C12H11BrN2O2. The molecule has 0 unspecified atom stereocenters. The van der Waals surface area contributed by atoms with Gasteiger partial charge in [-0.1, -0.05) is 30.3 Å². The largest absolute Gasteiger partial charge is 0.479 e. The smallest absolute Gasteiger partial charge is 0.268 e. The predicted octanol–water partition coefficient (Wildman–Crippen LogP) is 2.06. The first kappa shape index (κ1) is 11.9. The third-order valence-corrected chi connectivity index (χ3v) is 2.86. The Morgan fingerprint density at radius 2 is 2.06 bits per heavy atom. The molecule has 5 heteroatoms. The Morgan fingerprint density at radius 3 is 2.71 bits per heavy atom. The van der Waals surface area contributed by atoms with Gasteiger partial charge in [-0.25, -0.2) is 4.68 Å². The number of methoxy groups -OCH3 is 1. The topological polar surface area (TPSA) is 44.1 Å². The highest BCUT2D eigenvalue weighted by Crippen LogP contribution is 2.18. The molecule has 1 aromatic heterocycles. The fraction of sp³-hybridized carbons (Fsp3) is 0.167. The monoisotopic (exact) mass is 294 g/mol. The Balaban J connectivity index is 2.36. The van der Waals surface area contributed by atoms with Crippen molar-refractivity contribution >= 4 is 15.9 Å². The van der Waals surface area contributed by atoms with E-state index in [4.69, 9.17) is 4.74 Å². The van der Waals surface area contributed by atoms with Gasteiger partial charge in [0.25, 0.3) is 5.56 Å². The molecule has 0 amide bonds. The zero-order valence-corrected chi connectivity index (χ0v) is 10.8. The van der Waals surface area contributed by atoms with Crippen molar-refractivity contribution < 1.29 is 4.74 Å². The first-order chi connectivity index (χ1) is 8.20. The van der Waals surface area contributed by atoms with E-state index in [0.717, 1.165) is 5.56 Å². The minimum absolute atomic E-state index is 0.165. The fourth-order valence-corrected chi connectivity index (χ4v) is 1.90. The number of nitrogens with zero attached hydrogens (tertiary/aromatic N) is 2. The zero-order chi connectivity index (χ0) is 12.3. The summed E-state index contributed by atoms with van der Waals surface area (Å²) in [7, 11) is 1.52. The number of benzene rings is 1. The van der Waals surface area contributed by atoms with E-state index in [1.54, 1.807) is 0 Å². The third kappa shape index (κ3) is 2.74. The highest BCUT2D eigenvalue weighted by molar-refractivity contribution is 9.10. The lowest BCUT2D eigenvalue weighted by molar-refractivity contribution is 0.375. The minimum atomic E-state index is -0.165. The number of halogens is 1. The fourth-order valence-electron chi connectivity index (χ4n) is 1.46. The van der Waals surface area contributed by atoms with E-state index < -0.39 is 0 Å². The Hall–Kier alpha value is -1.62. The van der Waals surface area contributed by atoms with Gasteiger partial charge in [0, 0.05) is 6.07 Å². The summed E-state index contributed by atoms with van der Waals surface area (Å²) >= 11 is 3.23. The van der Waals surface area contributed by atoms with E-state index in [0.29, 0.717) is 16.9 Å². The first-order valence-corrected chi connectivity index (χ1v) is 5.85. The van der Waals surface area contributed by atoms with Crippen LogP contribution in [0.1, 0.15) is 5.56 Å². The molecule has 1 aromatic carbocycles. The van der Waals surface area contributed by atoms with Crippen LogP contribution < -0.4 is 10.3 Å². The van der Waals surface area contributed by atoms with Crippen LogP contribution in [0.3, 0.4) is 0 Å². The van der Waals surface area contributed by atoms with Gasteiger partial charge in [-0.05, 0) is 21.5 Å². The van der Waals surface area contributed by atoms with Crippen LogP contribution >= 0.6 is 15.9 Å². The maximum atomic E-state index is 11.7. The Labute approximate surface area is 107 Å². The minimum Gasteiger partial charge on any atom is -0.479 e. The summed E-state index contributed by atoms with van der Waals surface area (Å²) in [5, 5.41) is 4.12. The number of hydrogen-bond acceptors (Lipinski definition) is 3. The van der Waals surface area contributed by atoms with Crippen molar-refractivity contribution in [1.82, 2.24) is 9.78 Å². The molecule has 0 saturated carbocycles. The summed E-state index contributed by atoms with van der Waals surface area (Å²) < 4.78 is 7.00. The van der Waals surface area contributed by atoms with Crippen LogP contribution in [0.25, 0.3) is 0 Å². The van der Waals surface area contributed by atoms with Crippen molar-refractivity contribution in [2.75, 3.05) is 7.11 Å². The molecule has 0 aliphatic carbocycles. The van der Waals surface area contributed by atoms with Crippen LogP contribution in [0.5, 0.6) is 5.88 Å². The Morgan fingerprint density at radius 1 is 1.35 bits per heavy atom. The van der Waals surface area contributed by atoms with Gasteiger partial charge in [0.05, 0.1) is 18.1 Å². The molecule has 0 fully saturated rings. The van der Waals surface area contributed by atoms with Gasteiger partial charge in [0.15, 0.2) is 0 Å². The number of aromatic nitrogens is 2. The average molecular weight is 295 g/mol. The maximum absolute atomic E-state index is 11.7. The highest BCUT2D eigenvalue weighted by Gasteiger charge is 2.06. The van der Waals surface area contributed by atoms with E-state index >= 15 is 0 Å². The molecule has 0 N–H and O–H groups in total. The molecule has 17 heavy (non-hydrogen) atoms. The molecule has 1 heterocycles. The van der Waals surface area contributed by atoms with Crippen molar-refractivity contribution in [1.29, 1.82) is 0 Å². The van der Waals surface area contributed by atoms with Crippen molar-refractivity contribution in [3.63, 3.8) is 0 Å². The summed E-state index contributed by atoms with van der Waals surface area (Å²) in [5.41, 5.74) is 0.855.